The van der Waals surface area contributed by atoms with Crippen molar-refractivity contribution in [2.24, 2.45) is 0 Å². The minimum absolute atomic E-state index is 0.265. The van der Waals surface area contributed by atoms with E-state index in [-0.39, 0.29) is 10.8 Å². The third-order valence-electron chi connectivity index (χ3n) is 2.20. The summed E-state index contributed by atoms with van der Waals surface area (Å²) < 4.78 is 18.3. The summed E-state index contributed by atoms with van der Waals surface area (Å²) in [7, 11) is 1.87. The van der Waals surface area contributed by atoms with Crippen LogP contribution in [0.4, 0.5) is 4.39 Å². The van der Waals surface area contributed by atoms with Gasteiger partial charge >= 0.3 is 0 Å². The lowest BCUT2D eigenvalue weighted by Crippen LogP contribution is -2.05. The standard InChI is InChI=1S/C12H12ClFN2OS/c1-15-5-12-16-9(7-18-12)6-17-11-3-2-8(14)4-10(11)13/h2-4,7,15H,5-6H2,1H3. The number of hydrogen-bond donors (Lipinski definition) is 1. The molecule has 0 bridgehead atoms. The molecule has 96 valence electrons. The molecule has 0 fully saturated rings. The second kappa shape index (κ2) is 6.13. The molecule has 0 aliphatic carbocycles. The largest absolute Gasteiger partial charge is 0.486 e. The number of nitrogens with one attached hydrogen (secondary N) is 1. The summed E-state index contributed by atoms with van der Waals surface area (Å²) >= 11 is 7.43. The van der Waals surface area contributed by atoms with Gasteiger partial charge in [0.15, 0.2) is 0 Å². The average molecular weight is 287 g/mol. The SMILES string of the molecule is CNCc1nc(COc2ccc(F)cc2Cl)cs1. The van der Waals surface area contributed by atoms with Crippen molar-refractivity contribution >= 4 is 22.9 Å². The van der Waals surface area contributed by atoms with Crippen LogP contribution in [0.3, 0.4) is 0 Å². The molecule has 2 rings (SSSR count). The predicted molar refractivity (Wildman–Crippen MR) is 70.6 cm³/mol. The first-order chi connectivity index (χ1) is 8.69. The molecule has 0 spiro atoms. The maximum absolute atomic E-state index is 12.8. The Balaban J connectivity index is 1.97. The summed E-state index contributed by atoms with van der Waals surface area (Å²) in [6, 6.07) is 4.05. The van der Waals surface area contributed by atoms with Gasteiger partial charge in [-0.2, -0.15) is 0 Å². The first kappa shape index (κ1) is 13.3. The van der Waals surface area contributed by atoms with Crippen LogP contribution in [-0.2, 0) is 13.2 Å². The van der Waals surface area contributed by atoms with Crippen molar-refractivity contribution in [3.63, 3.8) is 0 Å². The average Bonchev–Trinajstić information content (AvgIpc) is 2.76. The van der Waals surface area contributed by atoms with Gasteiger partial charge in [-0.3, -0.25) is 0 Å². The van der Waals surface area contributed by atoms with Crippen molar-refractivity contribution in [1.29, 1.82) is 0 Å². The fraction of sp³-hybridized carbons (Fsp3) is 0.250. The van der Waals surface area contributed by atoms with Crippen molar-refractivity contribution < 1.29 is 9.13 Å². The molecule has 1 heterocycles. The highest BCUT2D eigenvalue weighted by Crippen LogP contribution is 2.25. The number of aromatic nitrogens is 1. The molecular formula is C12H12ClFN2OS. The number of nitrogens with zero attached hydrogens (tertiary/aromatic N) is 1. The molecule has 0 aliphatic rings. The molecule has 0 saturated heterocycles. The summed E-state index contributed by atoms with van der Waals surface area (Å²) in [4.78, 5) is 4.38. The van der Waals surface area contributed by atoms with Crippen LogP contribution in [0.5, 0.6) is 5.75 Å². The van der Waals surface area contributed by atoms with Gasteiger partial charge in [0, 0.05) is 11.9 Å². The van der Waals surface area contributed by atoms with E-state index in [1.807, 2.05) is 12.4 Å². The van der Waals surface area contributed by atoms with Crippen LogP contribution in [0, 0.1) is 5.82 Å². The van der Waals surface area contributed by atoms with E-state index in [0.717, 1.165) is 17.2 Å². The highest BCUT2D eigenvalue weighted by Gasteiger charge is 2.06. The van der Waals surface area contributed by atoms with E-state index < -0.39 is 0 Å². The van der Waals surface area contributed by atoms with Gasteiger partial charge in [-0.05, 0) is 25.2 Å². The molecule has 3 nitrogen and oxygen atoms in total. The Morgan fingerprint density at radius 1 is 1.50 bits per heavy atom. The predicted octanol–water partition coefficient (Wildman–Crippen LogP) is 3.23. The zero-order valence-corrected chi connectivity index (χ0v) is 11.3. The monoisotopic (exact) mass is 286 g/mol. The lowest BCUT2D eigenvalue weighted by molar-refractivity contribution is 0.301. The number of hydrogen-bond acceptors (Lipinski definition) is 4. The van der Waals surface area contributed by atoms with Crippen LogP contribution in [0.15, 0.2) is 23.6 Å². The first-order valence-electron chi connectivity index (χ1n) is 5.35. The molecule has 6 heteroatoms. The van der Waals surface area contributed by atoms with Crippen LogP contribution in [-0.4, -0.2) is 12.0 Å². The molecule has 0 amide bonds. The molecule has 0 atom stereocenters. The summed E-state index contributed by atoms with van der Waals surface area (Å²) in [5, 5.41) is 6.23. The Bertz CT molecular complexity index is 533. The highest BCUT2D eigenvalue weighted by atomic mass is 35.5. The molecule has 0 unspecified atom stereocenters. The van der Waals surface area contributed by atoms with E-state index in [4.69, 9.17) is 16.3 Å². The third kappa shape index (κ3) is 3.41. The molecule has 1 N–H and O–H groups in total. The summed E-state index contributed by atoms with van der Waals surface area (Å²) in [5.41, 5.74) is 0.839. The van der Waals surface area contributed by atoms with Crippen LogP contribution in [0.2, 0.25) is 5.02 Å². The number of ether oxygens (including phenoxy) is 1. The maximum Gasteiger partial charge on any atom is 0.138 e. The van der Waals surface area contributed by atoms with E-state index in [9.17, 15) is 4.39 Å². The van der Waals surface area contributed by atoms with Crippen molar-refractivity contribution in [2.45, 2.75) is 13.2 Å². The number of rotatable bonds is 5. The van der Waals surface area contributed by atoms with Crippen LogP contribution in [0.1, 0.15) is 10.7 Å². The van der Waals surface area contributed by atoms with Crippen molar-refractivity contribution in [1.82, 2.24) is 10.3 Å². The second-order valence-electron chi connectivity index (χ2n) is 3.63. The van der Waals surface area contributed by atoms with Crippen LogP contribution in [0.25, 0.3) is 0 Å². The van der Waals surface area contributed by atoms with Gasteiger partial charge in [0.2, 0.25) is 0 Å². The minimum atomic E-state index is -0.377. The zero-order valence-electron chi connectivity index (χ0n) is 9.74. The topological polar surface area (TPSA) is 34.2 Å². The number of thiazole rings is 1. The summed E-state index contributed by atoms with van der Waals surface area (Å²) in [6.45, 7) is 1.06. The third-order valence-corrected chi connectivity index (χ3v) is 3.39. The molecule has 1 aromatic heterocycles. The molecule has 0 saturated carbocycles. The van der Waals surface area contributed by atoms with Crippen LogP contribution < -0.4 is 10.1 Å². The molecule has 0 aliphatic heterocycles. The fourth-order valence-electron chi connectivity index (χ4n) is 1.39. The van der Waals surface area contributed by atoms with E-state index in [2.05, 4.69) is 10.3 Å². The van der Waals surface area contributed by atoms with E-state index in [1.54, 1.807) is 11.3 Å². The quantitative estimate of drug-likeness (QED) is 0.916. The van der Waals surface area contributed by atoms with Gasteiger partial charge in [-0.25, -0.2) is 9.37 Å². The molecule has 1 aromatic carbocycles. The Labute approximate surface area is 114 Å². The molecular weight excluding hydrogens is 275 g/mol. The highest BCUT2D eigenvalue weighted by molar-refractivity contribution is 7.09. The number of benzene rings is 1. The fourth-order valence-corrected chi connectivity index (χ4v) is 2.40. The Hall–Kier alpha value is -1.17. The maximum atomic E-state index is 12.8. The smallest absolute Gasteiger partial charge is 0.138 e. The first-order valence-corrected chi connectivity index (χ1v) is 6.60. The van der Waals surface area contributed by atoms with Gasteiger partial charge in [0.05, 0.1) is 10.7 Å². The lowest BCUT2D eigenvalue weighted by Gasteiger charge is -2.06. The molecule has 2 aromatic rings. The number of halogens is 2. The van der Waals surface area contributed by atoms with Crippen molar-refractivity contribution in [3.8, 4) is 5.75 Å². The summed E-state index contributed by atoms with van der Waals surface area (Å²) in [5.74, 6) is 0.0820. The lowest BCUT2D eigenvalue weighted by atomic mass is 10.3. The van der Waals surface area contributed by atoms with E-state index in [0.29, 0.717) is 12.4 Å². The van der Waals surface area contributed by atoms with Crippen LogP contribution >= 0.6 is 22.9 Å². The zero-order chi connectivity index (χ0) is 13.0. The Morgan fingerprint density at radius 3 is 3.06 bits per heavy atom. The van der Waals surface area contributed by atoms with Gasteiger partial charge in [-0.15, -0.1) is 11.3 Å². The molecule has 18 heavy (non-hydrogen) atoms. The second-order valence-corrected chi connectivity index (χ2v) is 4.98. The van der Waals surface area contributed by atoms with Crippen molar-refractivity contribution in [2.75, 3.05) is 7.05 Å². The van der Waals surface area contributed by atoms with Gasteiger partial charge in [0.25, 0.3) is 0 Å². The summed E-state index contributed by atoms with van der Waals surface area (Å²) in [6.07, 6.45) is 0. The van der Waals surface area contributed by atoms with Gasteiger partial charge in [0.1, 0.15) is 23.2 Å². The van der Waals surface area contributed by atoms with Gasteiger partial charge < -0.3 is 10.1 Å². The Kier molecular flexibility index (Phi) is 4.52. The molecule has 0 radical (unpaired) electrons. The normalized spacial score (nSPS) is 10.6. The van der Waals surface area contributed by atoms with E-state index in [1.165, 1.54) is 18.2 Å². The van der Waals surface area contributed by atoms with Gasteiger partial charge in [-0.1, -0.05) is 11.6 Å². The minimum Gasteiger partial charge on any atom is -0.486 e. The van der Waals surface area contributed by atoms with Crippen molar-refractivity contribution in [3.05, 3.63) is 45.1 Å². The van der Waals surface area contributed by atoms with E-state index >= 15 is 0 Å². The Morgan fingerprint density at radius 2 is 2.33 bits per heavy atom.